The van der Waals surface area contributed by atoms with Crippen LogP contribution in [0.3, 0.4) is 0 Å². The highest BCUT2D eigenvalue weighted by atomic mass is 32.1. The van der Waals surface area contributed by atoms with Crippen molar-refractivity contribution >= 4 is 18.1 Å². The van der Waals surface area contributed by atoms with E-state index in [1.807, 2.05) is 12.1 Å². The van der Waals surface area contributed by atoms with Crippen LogP contribution in [0.1, 0.15) is 30.5 Å². The summed E-state index contributed by atoms with van der Waals surface area (Å²) in [7, 11) is 1.57. The van der Waals surface area contributed by atoms with Crippen molar-refractivity contribution in [3.05, 3.63) is 64.4 Å². The topological polar surface area (TPSA) is 71.9 Å². The molecule has 0 aliphatic rings. The van der Waals surface area contributed by atoms with Gasteiger partial charge in [0.25, 0.3) is 0 Å². The van der Waals surface area contributed by atoms with Gasteiger partial charge in [0.1, 0.15) is 5.75 Å². The van der Waals surface area contributed by atoms with Gasteiger partial charge in [-0.3, -0.25) is 14.5 Å². The van der Waals surface area contributed by atoms with Gasteiger partial charge >= 0.3 is 6.18 Å². The van der Waals surface area contributed by atoms with Gasteiger partial charge in [-0.25, -0.2) is 0 Å². The maximum absolute atomic E-state index is 12.9. The van der Waals surface area contributed by atoms with Crippen molar-refractivity contribution in [3.8, 4) is 17.1 Å². The van der Waals surface area contributed by atoms with Crippen LogP contribution in [0.2, 0.25) is 0 Å². The molecule has 0 aliphatic carbocycles. The lowest BCUT2D eigenvalue weighted by Gasteiger charge is -2.16. The van der Waals surface area contributed by atoms with Crippen molar-refractivity contribution in [2.75, 3.05) is 7.11 Å². The zero-order chi connectivity index (χ0) is 22.6. The molecule has 1 aromatic heterocycles. The molecule has 3 aromatic rings. The first-order valence-corrected chi connectivity index (χ1v) is 9.86. The van der Waals surface area contributed by atoms with Crippen molar-refractivity contribution in [1.29, 1.82) is 0 Å². The number of hydrogen-bond acceptors (Lipinski definition) is 4. The number of halogens is 3. The number of aromatic amines is 1. The summed E-state index contributed by atoms with van der Waals surface area (Å²) >= 11 is 5.27. The van der Waals surface area contributed by atoms with Gasteiger partial charge in [0.05, 0.1) is 18.7 Å². The molecule has 0 radical (unpaired) electrons. The Kier molecular flexibility index (Phi) is 6.79. The van der Waals surface area contributed by atoms with E-state index >= 15 is 0 Å². The third-order valence-electron chi connectivity index (χ3n) is 4.76. The van der Waals surface area contributed by atoms with Gasteiger partial charge in [-0.2, -0.15) is 18.3 Å². The molecule has 0 spiro atoms. The highest BCUT2D eigenvalue weighted by Crippen LogP contribution is 2.30. The number of benzene rings is 2. The van der Waals surface area contributed by atoms with Crippen molar-refractivity contribution in [2.45, 2.75) is 32.1 Å². The number of ether oxygens (including phenoxy) is 1. The minimum Gasteiger partial charge on any atom is -0.497 e. The molecule has 164 valence electrons. The third-order valence-corrected chi connectivity index (χ3v) is 5.07. The lowest BCUT2D eigenvalue weighted by molar-refractivity contribution is -0.137. The number of carbonyl (C=O) groups excluding carboxylic acids is 1. The van der Waals surface area contributed by atoms with Crippen molar-refractivity contribution in [1.82, 2.24) is 20.1 Å². The quantitative estimate of drug-likeness (QED) is 0.502. The first kappa shape index (κ1) is 22.5. The molecule has 1 atom stereocenters. The average molecular weight is 450 g/mol. The number of carbonyl (C=O) groups is 1. The van der Waals surface area contributed by atoms with E-state index in [2.05, 4.69) is 15.5 Å². The van der Waals surface area contributed by atoms with Crippen LogP contribution in [-0.4, -0.2) is 27.8 Å². The SMILES string of the molecule is COc1ccc(-c2n[nH]c(=S)n2CCC(=O)N[C@@H](C)c2cccc(C(F)(F)F)c2)cc1. The summed E-state index contributed by atoms with van der Waals surface area (Å²) in [6.07, 6.45) is -4.35. The van der Waals surface area contributed by atoms with Gasteiger partial charge in [-0.15, -0.1) is 0 Å². The minimum absolute atomic E-state index is 0.0836. The molecule has 2 aromatic carbocycles. The molecule has 0 fully saturated rings. The molecule has 3 rings (SSSR count). The Labute approximate surface area is 182 Å². The predicted molar refractivity (Wildman–Crippen MR) is 112 cm³/mol. The molecule has 0 saturated carbocycles. The van der Waals surface area contributed by atoms with Gasteiger partial charge in [-0.1, -0.05) is 12.1 Å². The molecular formula is C21H21F3N4O2S. The van der Waals surface area contributed by atoms with E-state index in [1.54, 1.807) is 36.8 Å². The van der Waals surface area contributed by atoms with Crippen LogP contribution in [0, 0.1) is 4.77 Å². The Bertz CT molecular complexity index is 1110. The highest BCUT2D eigenvalue weighted by Gasteiger charge is 2.30. The Morgan fingerprint density at radius 3 is 2.61 bits per heavy atom. The second-order valence-corrected chi connectivity index (χ2v) is 7.28. The van der Waals surface area contributed by atoms with E-state index in [-0.39, 0.29) is 18.9 Å². The summed E-state index contributed by atoms with van der Waals surface area (Å²) in [6.45, 7) is 1.90. The van der Waals surface area contributed by atoms with E-state index in [4.69, 9.17) is 17.0 Å². The number of aromatic nitrogens is 3. The fourth-order valence-electron chi connectivity index (χ4n) is 3.08. The van der Waals surface area contributed by atoms with Crippen LogP contribution >= 0.6 is 12.2 Å². The van der Waals surface area contributed by atoms with Gasteiger partial charge in [0.15, 0.2) is 10.6 Å². The minimum atomic E-state index is -4.44. The van der Waals surface area contributed by atoms with Crippen molar-refractivity contribution < 1.29 is 22.7 Å². The molecule has 0 unspecified atom stereocenters. The Balaban J connectivity index is 1.66. The molecule has 2 N–H and O–H groups in total. The molecule has 0 saturated heterocycles. The first-order chi connectivity index (χ1) is 14.7. The average Bonchev–Trinajstić information content (AvgIpc) is 3.12. The number of nitrogens with one attached hydrogen (secondary N) is 2. The number of nitrogens with zero attached hydrogens (tertiary/aromatic N) is 2. The van der Waals surface area contributed by atoms with Gasteiger partial charge in [-0.05, 0) is 61.1 Å². The molecule has 10 heteroatoms. The summed E-state index contributed by atoms with van der Waals surface area (Å²) < 4.78 is 46.0. The second kappa shape index (κ2) is 9.34. The lowest BCUT2D eigenvalue weighted by atomic mass is 10.0. The van der Waals surface area contributed by atoms with E-state index < -0.39 is 17.8 Å². The van der Waals surface area contributed by atoms with Gasteiger partial charge < -0.3 is 10.1 Å². The normalized spacial score (nSPS) is 12.4. The monoisotopic (exact) mass is 450 g/mol. The fraction of sp³-hybridized carbons (Fsp3) is 0.286. The van der Waals surface area contributed by atoms with Crippen LogP contribution in [0.4, 0.5) is 13.2 Å². The predicted octanol–water partition coefficient (Wildman–Crippen LogP) is 4.90. The highest BCUT2D eigenvalue weighted by molar-refractivity contribution is 7.71. The Hall–Kier alpha value is -3.14. The van der Waals surface area contributed by atoms with Crippen LogP contribution in [0.15, 0.2) is 48.5 Å². The Morgan fingerprint density at radius 1 is 1.26 bits per heavy atom. The van der Waals surface area contributed by atoms with E-state index in [1.165, 1.54) is 6.07 Å². The van der Waals surface area contributed by atoms with Crippen LogP contribution in [-0.2, 0) is 17.5 Å². The molecule has 0 bridgehead atoms. The number of rotatable bonds is 7. The largest absolute Gasteiger partial charge is 0.497 e. The number of alkyl halides is 3. The lowest BCUT2D eigenvalue weighted by Crippen LogP contribution is -2.27. The van der Waals surface area contributed by atoms with Crippen molar-refractivity contribution in [2.24, 2.45) is 0 Å². The molecular weight excluding hydrogens is 429 g/mol. The second-order valence-electron chi connectivity index (χ2n) is 6.89. The van der Waals surface area contributed by atoms with E-state index in [0.717, 1.165) is 17.7 Å². The van der Waals surface area contributed by atoms with Crippen molar-refractivity contribution in [3.63, 3.8) is 0 Å². The van der Waals surface area contributed by atoms with Crippen LogP contribution < -0.4 is 10.1 Å². The zero-order valence-electron chi connectivity index (χ0n) is 16.9. The molecule has 6 nitrogen and oxygen atoms in total. The summed E-state index contributed by atoms with van der Waals surface area (Å²) in [4.78, 5) is 12.4. The zero-order valence-corrected chi connectivity index (χ0v) is 17.7. The van der Waals surface area contributed by atoms with Gasteiger partial charge in [0.2, 0.25) is 5.91 Å². The molecule has 1 amide bonds. The Morgan fingerprint density at radius 2 is 1.97 bits per heavy atom. The van der Waals surface area contributed by atoms with Gasteiger partial charge in [0, 0.05) is 18.5 Å². The molecule has 0 aliphatic heterocycles. The molecule has 1 heterocycles. The fourth-order valence-corrected chi connectivity index (χ4v) is 3.30. The van der Waals surface area contributed by atoms with E-state index in [9.17, 15) is 18.0 Å². The standard InChI is InChI=1S/C21H21F3N4O2S/c1-13(15-4-3-5-16(12-15)21(22,23)24)25-18(29)10-11-28-19(26-27-20(28)31)14-6-8-17(30-2)9-7-14/h3-9,12-13H,10-11H2,1-2H3,(H,25,29)(H,27,31)/t13-/m0/s1. The number of methoxy groups -OCH3 is 1. The number of amides is 1. The summed E-state index contributed by atoms with van der Waals surface area (Å²) in [6, 6.07) is 11.6. The molecule has 31 heavy (non-hydrogen) atoms. The summed E-state index contributed by atoms with van der Waals surface area (Å²) in [5.41, 5.74) is 0.424. The third kappa shape index (κ3) is 5.52. The first-order valence-electron chi connectivity index (χ1n) is 9.45. The summed E-state index contributed by atoms with van der Waals surface area (Å²) in [5, 5.41) is 9.68. The maximum Gasteiger partial charge on any atom is 0.416 e. The maximum atomic E-state index is 12.9. The van der Waals surface area contributed by atoms with Crippen LogP contribution in [0.5, 0.6) is 5.75 Å². The number of H-pyrrole nitrogens is 1. The number of hydrogen-bond donors (Lipinski definition) is 2. The van der Waals surface area contributed by atoms with E-state index in [0.29, 0.717) is 21.9 Å². The van der Waals surface area contributed by atoms with Crippen LogP contribution in [0.25, 0.3) is 11.4 Å². The summed E-state index contributed by atoms with van der Waals surface area (Å²) in [5.74, 6) is 0.965. The smallest absolute Gasteiger partial charge is 0.416 e.